The van der Waals surface area contributed by atoms with Crippen LogP contribution in [0.2, 0.25) is 0 Å². The SMILES string of the molecule is Cc1ccc(CCC(=O)NCCOC(=O)C(C(C)C)n2nnc(-c3ccccc3)n2)cc1. The van der Waals surface area contributed by atoms with Gasteiger partial charge in [-0.05, 0) is 30.0 Å². The molecule has 0 saturated carbocycles. The van der Waals surface area contributed by atoms with Crippen molar-refractivity contribution in [1.29, 1.82) is 0 Å². The van der Waals surface area contributed by atoms with Crippen LogP contribution in [0.15, 0.2) is 54.6 Å². The molecule has 1 unspecified atom stereocenters. The largest absolute Gasteiger partial charge is 0.462 e. The number of carbonyl (C=O) groups excluding carboxylic acids is 2. The summed E-state index contributed by atoms with van der Waals surface area (Å²) in [6.07, 6.45) is 1.06. The maximum absolute atomic E-state index is 12.7. The first-order valence-electron chi connectivity index (χ1n) is 10.8. The van der Waals surface area contributed by atoms with Gasteiger partial charge in [0.2, 0.25) is 11.7 Å². The monoisotopic (exact) mass is 435 g/mol. The highest BCUT2D eigenvalue weighted by molar-refractivity contribution is 5.76. The van der Waals surface area contributed by atoms with Crippen LogP contribution in [0.3, 0.4) is 0 Å². The molecular formula is C24H29N5O3. The Morgan fingerprint density at radius 2 is 1.78 bits per heavy atom. The molecular weight excluding hydrogens is 406 g/mol. The number of carbonyl (C=O) groups is 2. The van der Waals surface area contributed by atoms with Crippen molar-refractivity contribution in [3.63, 3.8) is 0 Å². The molecule has 0 saturated heterocycles. The fraction of sp³-hybridized carbons (Fsp3) is 0.375. The Morgan fingerprint density at radius 1 is 1.06 bits per heavy atom. The Morgan fingerprint density at radius 3 is 2.47 bits per heavy atom. The molecule has 1 heterocycles. The van der Waals surface area contributed by atoms with E-state index in [1.165, 1.54) is 10.4 Å². The summed E-state index contributed by atoms with van der Waals surface area (Å²) in [5, 5.41) is 15.3. The average molecular weight is 436 g/mol. The lowest BCUT2D eigenvalue weighted by molar-refractivity contribution is -0.150. The molecule has 1 atom stereocenters. The number of nitrogens with one attached hydrogen (secondary N) is 1. The molecule has 1 N–H and O–H groups in total. The zero-order valence-electron chi connectivity index (χ0n) is 18.7. The molecule has 2 aromatic carbocycles. The molecule has 32 heavy (non-hydrogen) atoms. The predicted octanol–water partition coefficient (Wildman–Crippen LogP) is 3.14. The van der Waals surface area contributed by atoms with Gasteiger partial charge in [-0.1, -0.05) is 74.0 Å². The van der Waals surface area contributed by atoms with Gasteiger partial charge in [0.05, 0.1) is 6.54 Å². The van der Waals surface area contributed by atoms with Crippen molar-refractivity contribution < 1.29 is 14.3 Å². The number of hydrogen-bond acceptors (Lipinski definition) is 6. The Labute approximate surface area is 188 Å². The first kappa shape index (κ1) is 23.1. The standard InChI is InChI=1S/C24H29N5O3/c1-17(2)22(29-27-23(26-28-29)20-7-5-4-6-8-20)24(31)32-16-15-25-21(30)14-13-19-11-9-18(3)10-12-19/h4-12,17,22H,13-16H2,1-3H3,(H,25,30). The van der Waals surface area contributed by atoms with Crippen LogP contribution in [0.4, 0.5) is 0 Å². The molecule has 0 bridgehead atoms. The lowest BCUT2D eigenvalue weighted by Gasteiger charge is -2.18. The maximum Gasteiger partial charge on any atom is 0.333 e. The topological polar surface area (TPSA) is 99.0 Å². The van der Waals surface area contributed by atoms with E-state index in [2.05, 4.69) is 20.7 Å². The van der Waals surface area contributed by atoms with E-state index in [0.717, 1.165) is 11.1 Å². The van der Waals surface area contributed by atoms with E-state index in [1.54, 1.807) is 0 Å². The lowest BCUT2D eigenvalue weighted by Crippen LogP contribution is -2.32. The summed E-state index contributed by atoms with van der Waals surface area (Å²) in [5.74, 6) is -0.173. The Hall–Kier alpha value is -3.55. The van der Waals surface area contributed by atoms with Gasteiger partial charge >= 0.3 is 5.97 Å². The van der Waals surface area contributed by atoms with Gasteiger partial charge in [-0.15, -0.1) is 15.0 Å². The van der Waals surface area contributed by atoms with Crippen molar-refractivity contribution in [2.75, 3.05) is 13.2 Å². The fourth-order valence-electron chi connectivity index (χ4n) is 3.21. The molecule has 1 aromatic heterocycles. The number of hydrogen-bond donors (Lipinski definition) is 1. The van der Waals surface area contributed by atoms with Gasteiger partial charge in [-0.3, -0.25) is 4.79 Å². The molecule has 0 aliphatic rings. The third kappa shape index (κ3) is 6.47. The van der Waals surface area contributed by atoms with Gasteiger partial charge in [-0.25, -0.2) is 4.79 Å². The third-order valence-corrected chi connectivity index (χ3v) is 5.01. The van der Waals surface area contributed by atoms with Crippen molar-refractivity contribution in [3.05, 3.63) is 65.7 Å². The van der Waals surface area contributed by atoms with E-state index in [-0.39, 0.29) is 25.0 Å². The summed E-state index contributed by atoms with van der Waals surface area (Å²) in [7, 11) is 0. The molecule has 0 fully saturated rings. The van der Waals surface area contributed by atoms with Crippen LogP contribution in [0.1, 0.15) is 37.4 Å². The van der Waals surface area contributed by atoms with Crippen LogP contribution < -0.4 is 5.32 Å². The highest BCUT2D eigenvalue weighted by atomic mass is 16.5. The van der Waals surface area contributed by atoms with E-state index in [1.807, 2.05) is 75.4 Å². The number of rotatable bonds is 10. The number of aryl methyl sites for hydroxylation is 2. The van der Waals surface area contributed by atoms with Gasteiger partial charge < -0.3 is 10.1 Å². The van der Waals surface area contributed by atoms with E-state index >= 15 is 0 Å². The molecule has 168 valence electrons. The van der Waals surface area contributed by atoms with Gasteiger partial charge in [0, 0.05) is 12.0 Å². The highest BCUT2D eigenvalue weighted by Gasteiger charge is 2.28. The van der Waals surface area contributed by atoms with E-state index in [9.17, 15) is 9.59 Å². The predicted molar refractivity (Wildman–Crippen MR) is 121 cm³/mol. The number of benzene rings is 2. The fourth-order valence-corrected chi connectivity index (χ4v) is 3.21. The van der Waals surface area contributed by atoms with Gasteiger partial charge in [0.15, 0.2) is 6.04 Å². The summed E-state index contributed by atoms with van der Waals surface area (Å²) < 4.78 is 5.38. The Kier molecular flexibility index (Phi) is 8.08. The molecule has 0 aliphatic heterocycles. The summed E-state index contributed by atoms with van der Waals surface area (Å²) >= 11 is 0. The summed E-state index contributed by atoms with van der Waals surface area (Å²) in [6, 6.07) is 16.9. The minimum atomic E-state index is -0.697. The molecule has 8 nitrogen and oxygen atoms in total. The summed E-state index contributed by atoms with van der Waals surface area (Å²) in [6.45, 7) is 6.15. The van der Waals surface area contributed by atoms with Gasteiger partial charge in [0.25, 0.3) is 0 Å². The first-order chi connectivity index (χ1) is 15.4. The number of ether oxygens (including phenoxy) is 1. The number of amides is 1. The smallest absolute Gasteiger partial charge is 0.333 e. The van der Waals surface area contributed by atoms with Crippen LogP contribution in [-0.2, 0) is 20.7 Å². The van der Waals surface area contributed by atoms with Crippen molar-refractivity contribution in [2.24, 2.45) is 5.92 Å². The van der Waals surface area contributed by atoms with Crippen molar-refractivity contribution in [2.45, 2.75) is 39.7 Å². The third-order valence-electron chi connectivity index (χ3n) is 5.01. The first-order valence-corrected chi connectivity index (χ1v) is 10.8. The minimum absolute atomic E-state index is 0.0764. The second-order valence-corrected chi connectivity index (χ2v) is 7.99. The number of aromatic nitrogens is 4. The number of tetrazole rings is 1. The minimum Gasteiger partial charge on any atom is -0.462 e. The van der Waals surface area contributed by atoms with Gasteiger partial charge in [0.1, 0.15) is 6.61 Å². The molecule has 0 aliphatic carbocycles. The zero-order chi connectivity index (χ0) is 22.9. The normalized spacial score (nSPS) is 11.9. The van der Waals surface area contributed by atoms with E-state index in [4.69, 9.17) is 4.74 Å². The van der Waals surface area contributed by atoms with Crippen LogP contribution in [0, 0.1) is 12.8 Å². The van der Waals surface area contributed by atoms with E-state index in [0.29, 0.717) is 18.7 Å². The average Bonchev–Trinajstić information content (AvgIpc) is 3.26. The van der Waals surface area contributed by atoms with Crippen molar-refractivity contribution in [1.82, 2.24) is 25.5 Å². The highest BCUT2D eigenvalue weighted by Crippen LogP contribution is 2.19. The zero-order valence-corrected chi connectivity index (χ0v) is 18.7. The van der Waals surface area contributed by atoms with Crippen LogP contribution in [0.25, 0.3) is 11.4 Å². The second kappa shape index (κ2) is 11.2. The molecule has 3 rings (SSSR count). The number of nitrogens with zero attached hydrogens (tertiary/aromatic N) is 4. The second-order valence-electron chi connectivity index (χ2n) is 7.99. The molecule has 3 aromatic rings. The quantitative estimate of drug-likeness (QED) is 0.388. The van der Waals surface area contributed by atoms with Crippen LogP contribution >= 0.6 is 0 Å². The maximum atomic E-state index is 12.7. The molecule has 0 spiro atoms. The van der Waals surface area contributed by atoms with Crippen LogP contribution in [0.5, 0.6) is 0 Å². The molecule has 1 amide bonds. The summed E-state index contributed by atoms with van der Waals surface area (Å²) in [5.41, 5.74) is 3.13. The van der Waals surface area contributed by atoms with E-state index < -0.39 is 12.0 Å². The Bertz CT molecular complexity index is 1020. The number of esters is 1. The lowest BCUT2D eigenvalue weighted by atomic mass is 10.1. The van der Waals surface area contributed by atoms with Crippen LogP contribution in [-0.4, -0.2) is 45.2 Å². The Balaban J connectivity index is 1.45. The molecule has 0 radical (unpaired) electrons. The van der Waals surface area contributed by atoms with Crippen molar-refractivity contribution >= 4 is 11.9 Å². The van der Waals surface area contributed by atoms with Gasteiger partial charge in [-0.2, -0.15) is 0 Å². The molecule has 8 heteroatoms. The summed E-state index contributed by atoms with van der Waals surface area (Å²) in [4.78, 5) is 26.0. The van der Waals surface area contributed by atoms with Crippen molar-refractivity contribution in [3.8, 4) is 11.4 Å².